The number of nitrogens with zero attached hydrogens (tertiary/aromatic N) is 2. The van der Waals surface area contributed by atoms with E-state index in [1.807, 2.05) is 18.2 Å². The number of nitriles is 1. The molecule has 2 aromatic rings. The van der Waals surface area contributed by atoms with Crippen LogP contribution in [0.15, 0.2) is 18.2 Å². The summed E-state index contributed by atoms with van der Waals surface area (Å²) in [4.78, 5) is 14.7. The van der Waals surface area contributed by atoms with Gasteiger partial charge in [-0.2, -0.15) is 5.26 Å². The second-order valence-corrected chi connectivity index (χ2v) is 6.16. The highest BCUT2D eigenvalue weighted by atomic mass is 35.5. The number of hydrogen-bond donors (Lipinski definition) is 1. The van der Waals surface area contributed by atoms with Crippen LogP contribution in [-0.4, -0.2) is 36.6 Å². The van der Waals surface area contributed by atoms with Crippen molar-refractivity contribution >= 4 is 44.6 Å². The summed E-state index contributed by atoms with van der Waals surface area (Å²) in [5, 5.41) is 10.2. The number of anilines is 1. The van der Waals surface area contributed by atoms with Gasteiger partial charge in [-0.05, 0) is 12.1 Å². The maximum absolute atomic E-state index is 12.6. The van der Waals surface area contributed by atoms with Crippen molar-refractivity contribution in [3.63, 3.8) is 0 Å². The fourth-order valence-corrected chi connectivity index (χ4v) is 3.79. The SMILES string of the molecule is N#CC1CN(C(=O)c2sc3cccc(Cl)c3c2N)CCO1. The zero-order valence-corrected chi connectivity index (χ0v) is 12.6. The van der Waals surface area contributed by atoms with Gasteiger partial charge in [0.2, 0.25) is 0 Å². The fraction of sp³-hybridized carbons (Fsp3) is 0.286. The van der Waals surface area contributed by atoms with E-state index in [1.54, 1.807) is 11.0 Å². The standard InChI is InChI=1S/C14H12ClN3O2S/c15-9-2-1-3-10-11(9)12(17)13(21-10)14(19)18-4-5-20-8(6-16)7-18/h1-3,8H,4-5,7,17H2. The molecule has 1 aromatic heterocycles. The maximum Gasteiger partial charge on any atom is 0.266 e. The predicted molar refractivity (Wildman–Crippen MR) is 82.5 cm³/mol. The molecule has 2 heterocycles. The first-order valence-electron chi connectivity index (χ1n) is 6.39. The minimum atomic E-state index is -0.582. The van der Waals surface area contributed by atoms with Crippen molar-refractivity contribution in [3.05, 3.63) is 28.1 Å². The van der Waals surface area contributed by atoms with Crippen molar-refractivity contribution in [2.45, 2.75) is 6.10 Å². The van der Waals surface area contributed by atoms with Crippen LogP contribution in [0, 0.1) is 11.3 Å². The first kappa shape index (κ1) is 14.1. The minimum Gasteiger partial charge on any atom is -0.397 e. The van der Waals surface area contributed by atoms with Crippen LogP contribution < -0.4 is 5.73 Å². The number of thiophene rings is 1. The summed E-state index contributed by atoms with van der Waals surface area (Å²) in [6, 6.07) is 7.49. The average molecular weight is 322 g/mol. The predicted octanol–water partition coefficient (Wildman–Crippen LogP) is 2.50. The number of rotatable bonds is 1. The first-order valence-corrected chi connectivity index (χ1v) is 7.58. The molecule has 1 atom stereocenters. The van der Waals surface area contributed by atoms with Gasteiger partial charge in [0.05, 0.1) is 29.9 Å². The Hall–Kier alpha value is -1.81. The van der Waals surface area contributed by atoms with Crippen molar-refractivity contribution in [1.82, 2.24) is 4.90 Å². The van der Waals surface area contributed by atoms with Crippen LogP contribution in [0.5, 0.6) is 0 Å². The average Bonchev–Trinajstić information content (AvgIpc) is 2.85. The summed E-state index contributed by atoms with van der Waals surface area (Å²) in [5.74, 6) is -0.173. The quantitative estimate of drug-likeness (QED) is 0.875. The number of benzene rings is 1. The molecular formula is C14H12ClN3O2S. The largest absolute Gasteiger partial charge is 0.397 e. The number of ether oxygens (including phenoxy) is 1. The van der Waals surface area contributed by atoms with Crippen LogP contribution in [0.4, 0.5) is 5.69 Å². The Kier molecular flexibility index (Phi) is 3.72. The summed E-state index contributed by atoms with van der Waals surface area (Å²) in [5.41, 5.74) is 6.50. The van der Waals surface area contributed by atoms with Gasteiger partial charge in [0.25, 0.3) is 5.91 Å². The maximum atomic E-state index is 12.6. The lowest BCUT2D eigenvalue weighted by atomic mass is 10.2. The second kappa shape index (κ2) is 5.53. The van der Waals surface area contributed by atoms with Crippen molar-refractivity contribution < 1.29 is 9.53 Å². The molecule has 108 valence electrons. The normalized spacial score (nSPS) is 18.7. The Morgan fingerprint density at radius 3 is 3.10 bits per heavy atom. The summed E-state index contributed by atoms with van der Waals surface area (Å²) in [6.45, 7) is 1.07. The molecule has 1 aliphatic heterocycles. The smallest absolute Gasteiger partial charge is 0.266 e. The molecule has 0 saturated carbocycles. The number of fused-ring (bicyclic) bond motifs is 1. The third kappa shape index (κ3) is 2.44. The molecular weight excluding hydrogens is 310 g/mol. The molecule has 0 radical (unpaired) electrons. The zero-order valence-electron chi connectivity index (χ0n) is 11.0. The van der Waals surface area contributed by atoms with Gasteiger partial charge >= 0.3 is 0 Å². The lowest BCUT2D eigenvalue weighted by molar-refractivity contribution is 0.00374. The van der Waals surface area contributed by atoms with Crippen molar-refractivity contribution in [1.29, 1.82) is 5.26 Å². The molecule has 1 unspecified atom stereocenters. The van der Waals surface area contributed by atoms with E-state index in [0.717, 1.165) is 10.1 Å². The zero-order chi connectivity index (χ0) is 15.0. The van der Waals surface area contributed by atoms with Gasteiger partial charge < -0.3 is 15.4 Å². The summed E-state index contributed by atoms with van der Waals surface area (Å²) < 4.78 is 6.13. The van der Waals surface area contributed by atoms with Gasteiger partial charge in [0.15, 0.2) is 6.10 Å². The minimum absolute atomic E-state index is 0.173. The van der Waals surface area contributed by atoms with Gasteiger partial charge in [0.1, 0.15) is 4.88 Å². The van der Waals surface area contributed by atoms with Gasteiger partial charge in [-0.1, -0.05) is 17.7 Å². The molecule has 21 heavy (non-hydrogen) atoms. The highest BCUT2D eigenvalue weighted by Crippen LogP contribution is 2.38. The fourth-order valence-electron chi connectivity index (χ4n) is 2.34. The molecule has 1 saturated heterocycles. The lowest BCUT2D eigenvalue weighted by Gasteiger charge is -2.29. The molecule has 3 rings (SSSR count). The van der Waals surface area contributed by atoms with Gasteiger partial charge in [0, 0.05) is 16.6 Å². The highest BCUT2D eigenvalue weighted by Gasteiger charge is 2.28. The summed E-state index contributed by atoms with van der Waals surface area (Å²) in [7, 11) is 0. The molecule has 1 amide bonds. The number of carbonyl (C=O) groups excluding carboxylic acids is 1. The summed E-state index contributed by atoms with van der Waals surface area (Å²) in [6.07, 6.45) is -0.582. The number of hydrogen-bond acceptors (Lipinski definition) is 5. The highest BCUT2D eigenvalue weighted by molar-refractivity contribution is 7.21. The Bertz CT molecular complexity index is 752. The van der Waals surface area contributed by atoms with E-state index in [1.165, 1.54) is 11.3 Å². The first-order chi connectivity index (χ1) is 10.1. The van der Waals surface area contributed by atoms with Crippen LogP contribution in [0.1, 0.15) is 9.67 Å². The molecule has 1 aromatic carbocycles. The number of carbonyl (C=O) groups is 1. The number of halogens is 1. The lowest BCUT2D eigenvalue weighted by Crippen LogP contribution is -2.45. The number of amides is 1. The molecule has 1 fully saturated rings. The Morgan fingerprint density at radius 2 is 2.38 bits per heavy atom. The van der Waals surface area contributed by atoms with Gasteiger partial charge in [-0.3, -0.25) is 4.79 Å². The molecule has 2 N–H and O–H groups in total. The Morgan fingerprint density at radius 1 is 1.57 bits per heavy atom. The van der Waals surface area contributed by atoms with Crippen LogP contribution in [0.2, 0.25) is 5.02 Å². The topological polar surface area (TPSA) is 79.4 Å². The van der Waals surface area contributed by atoms with Crippen LogP contribution in [-0.2, 0) is 4.74 Å². The van der Waals surface area contributed by atoms with E-state index in [2.05, 4.69) is 0 Å². The van der Waals surface area contributed by atoms with Gasteiger partial charge in [-0.25, -0.2) is 0 Å². The molecule has 5 nitrogen and oxygen atoms in total. The van der Waals surface area contributed by atoms with E-state index in [4.69, 9.17) is 27.3 Å². The molecule has 0 bridgehead atoms. The van der Waals surface area contributed by atoms with Crippen LogP contribution in [0.25, 0.3) is 10.1 Å². The van der Waals surface area contributed by atoms with E-state index < -0.39 is 6.10 Å². The third-order valence-corrected chi connectivity index (χ3v) is 4.87. The van der Waals surface area contributed by atoms with E-state index in [9.17, 15) is 4.79 Å². The molecule has 0 spiro atoms. The third-order valence-electron chi connectivity index (χ3n) is 3.39. The van der Waals surface area contributed by atoms with Crippen LogP contribution >= 0.6 is 22.9 Å². The molecule has 0 aliphatic carbocycles. The second-order valence-electron chi connectivity index (χ2n) is 4.70. The number of nitrogens with two attached hydrogens (primary N) is 1. The van der Waals surface area contributed by atoms with Crippen molar-refractivity contribution in [2.24, 2.45) is 0 Å². The van der Waals surface area contributed by atoms with Crippen LogP contribution in [0.3, 0.4) is 0 Å². The molecule has 7 heteroatoms. The number of nitrogen functional groups attached to an aromatic ring is 1. The number of morpholine rings is 1. The van der Waals surface area contributed by atoms with Crippen molar-refractivity contribution in [2.75, 3.05) is 25.4 Å². The van der Waals surface area contributed by atoms with Crippen molar-refractivity contribution in [3.8, 4) is 6.07 Å². The Balaban J connectivity index is 1.97. The molecule has 1 aliphatic rings. The van der Waals surface area contributed by atoms with Gasteiger partial charge in [-0.15, -0.1) is 11.3 Å². The van der Waals surface area contributed by atoms with E-state index in [-0.39, 0.29) is 12.5 Å². The summed E-state index contributed by atoms with van der Waals surface area (Å²) >= 11 is 7.47. The Labute approximate surface area is 130 Å². The van der Waals surface area contributed by atoms with E-state index >= 15 is 0 Å². The monoisotopic (exact) mass is 321 g/mol. The van der Waals surface area contributed by atoms with E-state index in [0.29, 0.717) is 28.7 Å².